The number of hydrogen-bond donors (Lipinski definition) is 3. The third-order valence-corrected chi connectivity index (χ3v) is 3.20. The van der Waals surface area contributed by atoms with Crippen LogP contribution in [-0.2, 0) is 11.2 Å². The zero-order valence-corrected chi connectivity index (χ0v) is 11.8. The number of amides is 1. The highest BCUT2D eigenvalue weighted by Crippen LogP contribution is 2.19. The number of carbonyl (C=O) groups excluding carboxylic acids is 1. The zero-order chi connectivity index (χ0) is 15.1. The maximum Gasteiger partial charge on any atom is 0.224 e. The maximum atomic E-state index is 13.6. The fourth-order valence-electron chi connectivity index (χ4n) is 1.73. The summed E-state index contributed by atoms with van der Waals surface area (Å²) in [6.07, 6.45) is 0.675. The van der Waals surface area contributed by atoms with E-state index < -0.39 is 5.82 Å². The molecule has 0 heterocycles. The molecule has 0 radical (unpaired) electrons. The minimum atomic E-state index is -0.517. The Bertz CT molecular complexity index is 488. The van der Waals surface area contributed by atoms with E-state index in [4.69, 9.17) is 22.5 Å². The predicted molar refractivity (Wildman–Crippen MR) is 75.4 cm³/mol. The first-order valence-corrected chi connectivity index (χ1v) is 6.54. The molecule has 0 spiro atoms. The number of oxime groups is 1. The summed E-state index contributed by atoms with van der Waals surface area (Å²) in [7, 11) is 0. The van der Waals surface area contributed by atoms with Crippen LogP contribution in [0.3, 0.4) is 0 Å². The monoisotopic (exact) mass is 301 g/mol. The Morgan fingerprint density at radius 1 is 1.60 bits per heavy atom. The van der Waals surface area contributed by atoms with Crippen LogP contribution in [0.15, 0.2) is 23.4 Å². The molecule has 0 bridgehead atoms. The lowest BCUT2D eigenvalue weighted by Crippen LogP contribution is -2.38. The Morgan fingerprint density at radius 3 is 2.85 bits per heavy atom. The molecular weight excluding hydrogens is 285 g/mol. The van der Waals surface area contributed by atoms with Crippen LogP contribution in [-0.4, -0.2) is 23.0 Å². The molecule has 0 aliphatic rings. The lowest BCUT2D eigenvalue weighted by molar-refractivity contribution is -0.121. The summed E-state index contributed by atoms with van der Waals surface area (Å²) >= 11 is 5.86. The number of carbonyl (C=O) groups is 1. The molecular formula is C13H17ClFN3O2. The van der Waals surface area contributed by atoms with Crippen molar-refractivity contribution in [1.29, 1.82) is 0 Å². The van der Waals surface area contributed by atoms with Gasteiger partial charge in [-0.3, -0.25) is 4.79 Å². The van der Waals surface area contributed by atoms with Crippen molar-refractivity contribution in [2.75, 3.05) is 0 Å². The smallest absolute Gasteiger partial charge is 0.224 e. The van der Waals surface area contributed by atoms with Gasteiger partial charge in [0.2, 0.25) is 5.91 Å². The van der Waals surface area contributed by atoms with Crippen molar-refractivity contribution in [2.45, 2.75) is 32.2 Å². The first-order valence-electron chi connectivity index (χ1n) is 6.16. The van der Waals surface area contributed by atoms with E-state index in [1.54, 1.807) is 0 Å². The Kier molecular flexibility index (Phi) is 6.24. The molecule has 0 saturated carbocycles. The molecule has 1 amide bonds. The summed E-state index contributed by atoms with van der Waals surface area (Å²) in [4.78, 5) is 11.9. The number of rotatable bonds is 6. The Morgan fingerprint density at radius 2 is 2.30 bits per heavy atom. The Balaban J connectivity index is 2.67. The lowest BCUT2D eigenvalue weighted by Gasteiger charge is -2.16. The van der Waals surface area contributed by atoms with Crippen LogP contribution in [0.2, 0.25) is 5.02 Å². The van der Waals surface area contributed by atoms with Gasteiger partial charge >= 0.3 is 0 Å². The Hall–Kier alpha value is -1.82. The summed E-state index contributed by atoms with van der Waals surface area (Å²) in [5.74, 6) is -0.854. The van der Waals surface area contributed by atoms with Crippen molar-refractivity contribution in [1.82, 2.24) is 5.32 Å². The third kappa shape index (κ3) is 4.70. The molecule has 0 aromatic heterocycles. The van der Waals surface area contributed by atoms with Crippen molar-refractivity contribution in [3.05, 3.63) is 34.6 Å². The number of amidine groups is 1. The van der Waals surface area contributed by atoms with Crippen molar-refractivity contribution < 1.29 is 14.4 Å². The van der Waals surface area contributed by atoms with Crippen molar-refractivity contribution in [2.24, 2.45) is 10.9 Å². The summed E-state index contributed by atoms with van der Waals surface area (Å²) in [6, 6.07) is 3.99. The third-order valence-electron chi connectivity index (χ3n) is 2.84. The molecule has 0 fully saturated rings. The largest absolute Gasteiger partial charge is 0.409 e. The van der Waals surface area contributed by atoms with Crippen LogP contribution in [0.1, 0.15) is 25.3 Å². The summed E-state index contributed by atoms with van der Waals surface area (Å²) in [5, 5.41) is 14.3. The number of halogens is 2. The van der Waals surface area contributed by atoms with Gasteiger partial charge in [-0.05, 0) is 18.6 Å². The van der Waals surface area contributed by atoms with E-state index in [1.807, 2.05) is 6.92 Å². The van der Waals surface area contributed by atoms with Gasteiger partial charge in [-0.15, -0.1) is 0 Å². The minimum Gasteiger partial charge on any atom is -0.409 e. The highest BCUT2D eigenvalue weighted by molar-refractivity contribution is 6.31. The van der Waals surface area contributed by atoms with Crippen LogP contribution < -0.4 is 11.1 Å². The zero-order valence-electron chi connectivity index (χ0n) is 11.1. The van der Waals surface area contributed by atoms with Crippen molar-refractivity contribution in [3.8, 4) is 0 Å². The van der Waals surface area contributed by atoms with Gasteiger partial charge in [-0.25, -0.2) is 4.39 Å². The Labute approximate surface area is 121 Å². The summed E-state index contributed by atoms with van der Waals surface area (Å²) in [5.41, 5.74) is 5.55. The van der Waals surface area contributed by atoms with Gasteiger partial charge in [0.25, 0.3) is 0 Å². The van der Waals surface area contributed by atoms with Crippen molar-refractivity contribution >= 4 is 23.3 Å². The standard InChI is InChI=1S/C13H17ClFN3O2/c1-2-8(6-12(16)18-20)17-13(19)7-9-10(14)4-3-5-11(9)15/h3-5,8,20H,2,6-7H2,1H3,(H2,16,18)(H,17,19). The van der Waals surface area contributed by atoms with Crippen molar-refractivity contribution in [3.63, 3.8) is 0 Å². The second-order valence-corrected chi connectivity index (χ2v) is 4.75. The molecule has 1 rings (SSSR count). The highest BCUT2D eigenvalue weighted by atomic mass is 35.5. The van der Waals surface area contributed by atoms with E-state index >= 15 is 0 Å². The molecule has 5 nitrogen and oxygen atoms in total. The molecule has 1 unspecified atom stereocenters. The molecule has 0 aliphatic carbocycles. The summed E-state index contributed by atoms with van der Waals surface area (Å²) in [6.45, 7) is 1.85. The molecule has 1 aromatic rings. The number of nitrogens with two attached hydrogens (primary N) is 1. The number of nitrogens with one attached hydrogen (secondary N) is 1. The van der Waals surface area contributed by atoms with E-state index in [9.17, 15) is 9.18 Å². The van der Waals surface area contributed by atoms with Gasteiger partial charge in [0.1, 0.15) is 11.7 Å². The van der Waals surface area contributed by atoms with E-state index in [2.05, 4.69) is 10.5 Å². The van der Waals surface area contributed by atoms with Crippen LogP contribution in [0, 0.1) is 5.82 Å². The molecule has 20 heavy (non-hydrogen) atoms. The maximum absolute atomic E-state index is 13.6. The molecule has 7 heteroatoms. The number of nitrogens with zero attached hydrogens (tertiary/aromatic N) is 1. The van der Waals surface area contributed by atoms with E-state index in [-0.39, 0.29) is 41.2 Å². The molecule has 4 N–H and O–H groups in total. The average molecular weight is 302 g/mol. The van der Waals surface area contributed by atoms with Gasteiger partial charge < -0.3 is 16.3 Å². The van der Waals surface area contributed by atoms with E-state index in [1.165, 1.54) is 18.2 Å². The second kappa shape index (κ2) is 7.69. The summed E-state index contributed by atoms with van der Waals surface area (Å²) < 4.78 is 13.6. The first kappa shape index (κ1) is 16.2. The topological polar surface area (TPSA) is 87.7 Å². The average Bonchev–Trinajstić information content (AvgIpc) is 2.42. The van der Waals surface area contributed by atoms with Crippen LogP contribution >= 0.6 is 11.6 Å². The fraction of sp³-hybridized carbons (Fsp3) is 0.385. The molecule has 1 aromatic carbocycles. The molecule has 0 saturated heterocycles. The van der Waals surface area contributed by atoms with Crippen LogP contribution in [0.25, 0.3) is 0 Å². The number of benzene rings is 1. The SMILES string of the molecule is CCC(CC(N)=NO)NC(=O)Cc1c(F)cccc1Cl. The predicted octanol–water partition coefficient (Wildman–Crippen LogP) is 2.05. The van der Waals surface area contributed by atoms with Gasteiger partial charge in [0.05, 0.1) is 6.42 Å². The molecule has 110 valence electrons. The fourth-order valence-corrected chi connectivity index (χ4v) is 1.96. The number of hydrogen-bond acceptors (Lipinski definition) is 3. The molecule has 1 atom stereocenters. The van der Waals surface area contributed by atoms with Gasteiger partial charge in [-0.1, -0.05) is 29.7 Å². The van der Waals surface area contributed by atoms with E-state index in [0.717, 1.165) is 0 Å². The lowest BCUT2D eigenvalue weighted by atomic mass is 10.1. The molecule has 0 aliphatic heterocycles. The minimum absolute atomic E-state index is 0.0288. The normalized spacial score (nSPS) is 13.1. The van der Waals surface area contributed by atoms with E-state index in [0.29, 0.717) is 6.42 Å². The van der Waals surface area contributed by atoms with Gasteiger partial charge in [0, 0.05) is 23.0 Å². The van der Waals surface area contributed by atoms with Crippen LogP contribution in [0.4, 0.5) is 4.39 Å². The first-order chi connectivity index (χ1) is 9.47. The quantitative estimate of drug-likeness (QED) is 0.325. The highest BCUT2D eigenvalue weighted by Gasteiger charge is 2.16. The second-order valence-electron chi connectivity index (χ2n) is 4.35. The van der Waals surface area contributed by atoms with Crippen LogP contribution in [0.5, 0.6) is 0 Å². The van der Waals surface area contributed by atoms with Gasteiger partial charge in [0.15, 0.2) is 0 Å². The van der Waals surface area contributed by atoms with Gasteiger partial charge in [-0.2, -0.15) is 0 Å².